The van der Waals surface area contributed by atoms with E-state index in [0.29, 0.717) is 11.4 Å². The summed E-state index contributed by atoms with van der Waals surface area (Å²) in [5, 5.41) is 0. The van der Waals surface area contributed by atoms with E-state index in [0.717, 1.165) is 83.6 Å². The number of nitrogens with one attached hydrogen (secondary N) is 3. The summed E-state index contributed by atoms with van der Waals surface area (Å²) in [4.78, 5) is 16.3. The lowest BCUT2D eigenvalue weighted by molar-refractivity contribution is 1.32. The van der Waals surface area contributed by atoms with Gasteiger partial charge in [-0.3, -0.25) is 0 Å². The van der Waals surface area contributed by atoms with Crippen molar-refractivity contribution in [2.45, 2.75) is 0 Å². The second-order valence-corrected chi connectivity index (χ2v) is 11.1. The van der Waals surface area contributed by atoms with Crippen LogP contribution in [0.15, 0.2) is 109 Å². The van der Waals surface area contributed by atoms with E-state index in [-0.39, 0.29) is 0 Å². The van der Waals surface area contributed by atoms with Gasteiger partial charge < -0.3 is 32.2 Å². The summed E-state index contributed by atoms with van der Waals surface area (Å²) in [5.41, 5.74) is 33.9. The van der Waals surface area contributed by atoms with Crippen LogP contribution in [0, 0.1) is 0 Å². The van der Waals surface area contributed by atoms with Crippen molar-refractivity contribution in [1.82, 2.24) is 19.9 Å². The highest BCUT2D eigenvalue weighted by Crippen LogP contribution is 2.36. The Kier molecular flexibility index (Phi) is 5.77. The van der Waals surface area contributed by atoms with Crippen LogP contribution in [-0.2, 0) is 0 Å². The molecule has 0 saturated heterocycles. The van der Waals surface area contributed by atoms with Gasteiger partial charge >= 0.3 is 0 Å². The Balaban J connectivity index is 1.55. The summed E-state index contributed by atoms with van der Waals surface area (Å²) in [6.07, 6.45) is 4.16. The van der Waals surface area contributed by atoms with Crippen LogP contribution in [-0.4, -0.2) is 19.9 Å². The van der Waals surface area contributed by atoms with E-state index in [4.69, 9.17) is 22.2 Å². The average molecular weight is 572 g/mol. The number of hydrogen-bond donors (Lipinski definition) is 6. The van der Waals surface area contributed by atoms with Crippen LogP contribution in [0.1, 0.15) is 11.4 Å². The summed E-state index contributed by atoms with van der Waals surface area (Å²) in [7, 11) is 0. The molecule has 44 heavy (non-hydrogen) atoms. The molecule has 7 aromatic rings. The van der Waals surface area contributed by atoms with Crippen LogP contribution in [0.5, 0.6) is 0 Å². The molecule has 212 valence electrons. The fourth-order valence-corrected chi connectivity index (χ4v) is 6.01. The SMILES string of the molecule is Nc1ccc(-c2c3nc(c(-c4ccc(N)cc4)c4ccc([nH]4)c4ccc([nH]4)c(-c4ccc(N)cc4)c4ccc2[nH]4)C=C3)cc1. The average Bonchev–Trinajstić information content (AvgIpc) is 3.85. The van der Waals surface area contributed by atoms with Crippen molar-refractivity contribution in [3.63, 3.8) is 0 Å². The van der Waals surface area contributed by atoms with Gasteiger partial charge in [-0.15, -0.1) is 0 Å². The Hall–Kier alpha value is -6.21. The lowest BCUT2D eigenvalue weighted by Crippen LogP contribution is -1.89. The molecule has 0 unspecified atom stereocenters. The number of hydrogen-bond acceptors (Lipinski definition) is 4. The minimum Gasteiger partial charge on any atom is -0.399 e. The highest BCUT2D eigenvalue weighted by Gasteiger charge is 2.16. The summed E-state index contributed by atoms with van der Waals surface area (Å²) in [5.74, 6) is 0. The lowest BCUT2D eigenvalue weighted by atomic mass is 10.0. The molecule has 0 atom stereocenters. The van der Waals surface area contributed by atoms with E-state index >= 15 is 0 Å². The van der Waals surface area contributed by atoms with Crippen molar-refractivity contribution < 1.29 is 0 Å². The van der Waals surface area contributed by atoms with E-state index in [9.17, 15) is 0 Å². The number of aromatic amines is 3. The van der Waals surface area contributed by atoms with Crippen LogP contribution in [0.2, 0.25) is 0 Å². The van der Waals surface area contributed by atoms with E-state index in [1.165, 1.54) is 0 Å². The van der Waals surface area contributed by atoms with Crippen LogP contribution in [0.25, 0.3) is 78.6 Å². The van der Waals surface area contributed by atoms with Gasteiger partial charge in [0.1, 0.15) is 0 Å². The molecular weight excluding hydrogens is 542 g/mol. The molecule has 8 rings (SSSR count). The largest absolute Gasteiger partial charge is 0.399 e. The van der Waals surface area contributed by atoms with Gasteiger partial charge in [-0.25, -0.2) is 4.98 Å². The zero-order chi connectivity index (χ0) is 29.8. The minimum atomic E-state index is 0.706. The number of nitrogens with two attached hydrogens (primary N) is 3. The summed E-state index contributed by atoms with van der Waals surface area (Å²) in [6.45, 7) is 0. The molecular formula is C37H29N7. The van der Waals surface area contributed by atoms with Gasteiger partial charge in [0, 0.05) is 55.8 Å². The molecule has 0 radical (unpaired) electrons. The van der Waals surface area contributed by atoms with Crippen molar-refractivity contribution in [2.24, 2.45) is 0 Å². The molecule has 7 heteroatoms. The Morgan fingerprint density at radius 3 is 1.02 bits per heavy atom. The summed E-state index contributed by atoms with van der Waals surface area (Å²) >= 11 is 0. The Morgan fingerprint density at radius 1 is 0.341 bits per heavy atom. The highest BCUT2D eigenvalue weighted by molar-refractivity contribution is 5.99. The second-order valence-electron chi connectivity index (χ2n) is 11.1. The maximum absolute atomic E-state index is 6.09. The number of benzene rings is 3. The Labute approximate surface area is 253 Å². The van der Waals surface area contributed by atoms with Gasteiger partial charge in [-0.05, 0) is 102 Å². The number of H-pyrrole nitrogens is 3. The Bertz CT molecular complexity index is 2330. The van der Waals surface area contributed by atoms with Crippen LogP contribution in [0.4, 0.5) is 17.1 Å². The fraction of sp³-hybridized carbons (Fsp3) is 0. The zero-order valence-electron chi connectivity index (χ0n) is 23.7. The van der Waals surface area contributed by atoms with Gasteiger partial charge in [0.05, 0.1) is 22.4 Å². The van der Waals surface area contributed by atoms with Crippen LogP contribution in [0.3, 0.4) is 0 Å². The monoisotopic (exact) mass is 571 g/mol. The smallest absolute Gasteiger partial charge is 0.0737 e. The normalized spacial score (nSPS) is 11.8. The number of fused-ring (bicyclic) bond motifs is 9. The molecule has 0 spiro atoms. The third-order valence-electron chi connectivity index (χ3n) is 8.18. The van der Waals surface area contributed by atoms with E-state index in [1.807, 2.05) is 60.7 Å². The maximum Gasteiger partial charge on any atom is 0.0737 e. The lowest BCUT2D eigenvalue weighted by Gasteiger charge is -2.06. The number of aromatic nitrogens is 4. The summed E-state index contributed by atoms with van der Waals surface area (Å²) < 4.78 is 0. The molecule has 7 nitrogen and oxygen atoms in total. The molecule has 3 aromatic carbocycles. The predicted octanol–water partition coefficient (Wildman–Crippen LogP) is 8.44. The predicted molar refractivity (Wildman–Crippen MR) is 185 cm³/mol. The minimum absolute atomic E-state index is 0.706. The molecule has 4 aromatic heterocycles. The number of nitrogens with zero attached hydrogens (tertiary/aromatic N) is 1. The first-order valence-corrected chi connectivity index (χ1v) is 14.4. The van der Waals surface area contributed by atoms with Crippen molar-refractivity contribution in [3.05, 3.63) is 121 Å². The third-order valence-corrected chi connectivity index (χ3v) is 8.18. The van der Waals surface area contributed by atoms with Gasteiger partial charge in [0.25, 0.3) is 0 Å². The molecule has 1 aliphatic rings. The first-order valence-electron chi connectivity index (χ1n) is 14.4. The summed E-state index contributed by atoms with van der Waals surface area (Å²) in [6, 6.07) is 36.5. The third kappa shape index (κ3) is 4.35. The van der Waals surface area contributed by atoms with Gasteiger partial charge in [0.2, 0.25) is 0 Å². The first kappa shape index (κ1) is 25.5. The molecule has 1 aliphatic heterocycles. The Morgan fingerprint density at radius 2 is 0.636 bits per heavy atom. The zero-order valence-corrected chi connectivity index (χ0v) is 23.7. The van der Waals surface area contributed by atoms with Gasteiger partial charge in [0.15, 0.2) is 0 Å². The quantitative estimate of drug-likeness (QED) is 0.118. The van der Waals surface area contributed by atoms with Gasteiger partial charge in [-0.1, -0.05) is 36.4 Å². The topological polar surface area (TPSA) is 138 Å². The molecule has 8 bridgehead atoms. The standard InChI is InChI=1S/C37H29N7/c38-24-7-1-21(2-8-24)35-29-15-13-27(41-29)28-14-16-30(42-28)36(22-3-9-25(39)10-4-22)32-18-20-34(44-32)37(33-19-17-31(35)43-33)23-5-11-26(40)12-6-23/h1-20,41-43H,38-40H2. The maximum atomic E-state index is 6.09. The van der Waals surface area contributed by atoms with Crippen molar-refractivity contribution in [3.8, 4) is 33.4 Å². The van der Waals surface area contributed by atoms with E-state index in [1.54, 1.807) is 0 Å². The fourth-order valence-electron chi connectivity index (χ4n) is 6.01. The van der Waals surface area contributed by atoms with E-state index in [2.05, 4.69) is 75.6 Å². The first-order chi connectivity index (χ1) is 21.5. The van der Waals surface area contributed by atoms with Crippen LogP contribution >= 0.6 is 0 Å². The van der Waals surface area contributed by atoms with E-state index < -0.39 is 0 Å². The highest BCUT2D eigenvalue weighted by atomic mass is 14.8. The molecule has 9 N–H and O–H groups in total. The molecule has 0 fully saturated rings. The number of rotatable bonds is 3. The van der Waals surface area contributed by atoms with Gasteiger partial charge in [-0.2, -0.15) is 0 Å². The number of anilines is 3. The number of nitrogen functional groups attached to an aromatic ring is 3. The van der Waals surface area contributed by atoms with Crippen molar-refractivity contribution >= 4 is 62.3 Å². The van der Waals surface area contributed by atoms with Crippen LogP contribution < -0.4 is 17.2 Å². The molecule has 5 heterocycles. The molecule has 0 saturated carbocycles. The van der Waals surface area contributed by atoms with Crippen molar-refractivity contribution in [2.75, 3.05) is 17.2 Å². The molecule has 0 aliphatic carbocycles. The van der Waals surface area contributed by atoms with Crippen molar-refractivity contribution in [1.29, 1.82) is 0 Å². The second kappa shape index (κ2) is 9.96. The molecule has 0 amide bonds.